The average molecular weight is 660 g/mol. The van der Waals surface area contributed by atoms with E-state index < -0.39 is 124 Å². The molecule has 242 valence electrons. The van der Waals surface area contributed by atoms with E-state index in [2.05, 4.69) is 8.37 Å². The fourth-order valence-electron chi connectivity index (χ4n) is 4.66. The molecule has 0 amide bonds. The predicted octanol–water partition coefficient (Wildman–Crippen LogP) is -5.96. The van der Waals surface area contributed by atoms with E-state index in [0.717, 1.165) is 7.11 Å². The summed E-state index contributed by atoms with van der Waals surface area (Å²) in [5.41, 5.74) is 0. The Morgan fingerprint density at radius 3 is 1.98 bits per heavy atom. The molecule has 20 nitrogen and oxygen atoms in total. The molecule has 0 aromatic rings. The van der Waals surface area contributed by atoms with Crippen LogP contribution in [0.25, 0.3) is 0 Å². The van der Waals surface area contributed by atoms with Crippen molar-refractivity contribution in [1.82, 2.24) is 4.72 Å². The Kier molecular flexibility index (Phi) is 12.8. The van der Waals surface area contributed by atoms with Crippen LogP contribution in [0.2, 0.25) is 0 Å². The number of aliphatic hydroxyl groups is 2. The zero-order chi connectivity index (χ0) is 31.3. The van der Waals surface area contributed by atoms with Gasteiger partial charge in [-0.2, -0.15) is 0 Å². The number of hydrogen-bond acceptors (Lipinski definition) is 19. The molecule has 0 aromatic heterocycles. The lowest BCUT2D eigenvalue weighted by molar-refractivity contribution is -0.330. The molecule has 3 N–H and O–H groups in total. The van der Waals surface area contributed by atoms with Gasteiger partial charge in [0.2, 0.25) is 20.8 Å². The third-order valence-electron chi connectivity index (χ3n) is 6.40. The molecule has 0 saturated carbocycles. The summed E-state index contributed by atoms with van der Waals surface area (Å²) in [6.07, 6.45) is -12.2. The van der Waals surface area contributed by atoms with Crippen molar-refractivity contribution >= 4 is 37.1 Å². The number of methoxy groups -OCH3 is 1. The molecule has 4 unspecified atom stereocenters. The van der Waals surface area contributed by atoms with Crippen LogP contribution in [0.5, 0.6) is 0 Å². The molecule has 0 aliphatic carbocycles. The van der Waals surface area contributed by atoms with Gasteiger partial charge in [0.1, 0.15) is 24.4 Å². The van der Waals surface area contributed by atoms with Crippen molar-refractivity contribution in [3.63, 3.8) is 0 Å². The van der Waals surface area contributed by atoms with Crippen molar-refractivity contribution in [2.45, 2.75) is 62.1 Å². The predicted molar refractivity (Wildman–Crippen MR) is 121 cm³/mol. The van der Waals surface area contributed by atoms with Crippen LogP contribution >= 0.6 is 0 Å². The minimum Gasteiger partial charge on any atom is -0.735 e. The van der Waals surface area contributed by atoms with Crippen molar-refractivity contribution in [3.8, 4) is 0 Å². The normalized spacial score (nSPS) is 35.3. The SMILES string of the molecule is CC[C@@H]1C(C(=O)[O-])O[C@H](COC[C@@H]2C(COS(=O)(=O)[O-])O[C@H](COC)C(NS(=O)(=O)[O-])[C@@H]2O)C(OS(=O)(=O)[O-])[C@@H]1O. The van der Waals surface area contributed by atoms with Crippen LogP contribution in [0.3, 0.4) is 0 Å². The minimum atomic E-state index is -5.46. The van der Waals surface area contributed by atoms with Crippen LogP contribution in [0.4, 0.5) is 0 Å². The van der Waals surface area contributed by atoms with E-state index in [4.69, 9.17) is 18.9 Å². The highest BCUT2D eigenvalue weighted by Crippen LogP contribution is 2.32. The van der Waals surface area contributed by atoms with Crippen molar-refractivity contribution in [2.75, 3.05) is 33.5 Å². The number of carbonyl (C=O) groups is 1. The summed E-state index contributed by atoms with van der Waals surface area (Å²) in [7, 11) is -14.8. The lowest BCUT2D eigenvalue weighted by Gasteiger charge is -2.46. The van der Waals surface area contributed by atoms with E-state index in [0.29, 0.717) is 0 Å². The second-order valence-corrected chi connectivity index (χ2v) is 12.3. The van der Waals surface area contributed by atoms with Crippen molar-refractivity contribution in [3.05, 3.63) is 0 Å². The van der Waals surface area contributed by atoms with Gasteiger partial charge in [-0.3, -0.25) is 8.37 Å². The fraction of sp³-hybridized carbons (Fsp3) is 0.944. The van der Waals surface area contributed by atoms with Gasteiger partial charge in [0, 0.05) is 18.9 Å². The Hall–Kier alpha value is -1.16. The van der Waals surface area contributed by atoms with Crippen LogP contribution in [0.1, 0.15) is 13.3 Å². The highest BCUT2D eigenvalue weighted by Gasteiger charge is 2.48. The van der Waals surface area contributed by atoms with Gasteiger partial charge in [0.05, 0.1) is 56.8 Å². The van der Waals surface area contributed by atoms with Gasteiger partial charge in [-0.1, -0.05) is 6.92 Å². The number of carboxylic acid groups (broad SMARTS) is 1. The van der Waals surface area contributed by atoms with E-state index in [1.807, 2.05) is 0 Å². The highest BCUT2D eigenvalue weighted by molar-refractivity contribution is 7.83. The average Bonchev–Trinajstić information content (AvgIpc) is 2.81. The minimum absolute atomic E-state index is 0.0677. The maximum atomic E-state index is 11.6. The quantitative estimate of drug-likeness (QED) is 0.109. The molecule has 2 heterocycles. The van der Waals surface area contributed by atoms with Crippen LogP contribution in [-0.4, -0.2) is 137 Å². The zero-order valence-electron chi connectivity index (χ0n) is 21.4. The molecule has 2 saturated heterocycles. The summed E-state index contributed by atoms with van der Waals surface area (Å²) in [6, 6.07) is -1.69. The second kappa shape index (κ2) is 14.5. The number of aliphatic carboxylic acids is 1. The van der Waals surface area contributed by atoms with Crippen molar-refractivity contribution < 1.29 is 86.3 Å². The Morgan fingerprint density at radius 2 is 1.49 bits per heavy atom. The molecule has 0 radical (unpaired) electrons. The maximum Gasteiger partial charge on any atom is 0.218 e. The molecule has 2 aliphatic rings. The largest absolute Gasteiger partial charge is 0.735 e. The van der Waals surface area contributed by atoms with E-state index in [9.17, 15) is 59.0 Å². The number of rotatable bonds is 15. The highest BCUT2D eigenvalue weighted by atomic mass is 32.3. The topological polar surface area (TPSA) is 320 Å². The molecule has 2 rings (SSSR count). The third-order valence-corrected chi connectivity index (χ3v) is 7.84. The monoisotopic (exact) mass is 659 g/mol. The van der Waals surface area contributed by atoms with Crippen LogP contribution in [0, 0.1) is 11.8 Å². The Labute approximate surface area is 235 Å². The van der Waals surface area contributed by atoms with Gasteiger partial charge in [-0.15, -0.1) is 0 Å². The maximum absolute atomic E-state index is 11.6. The standard InChI is InChI=1S/C18H33NO19S3/c1-3-8-15(21)17(38-41(30,31)32)12(37-16(8)18(22)23)6-34-4-9-10(7-35-40(27,28)29)36-11(5-33-2)13(14(9)20)19-39(24,25)26/h8-17,19-21H,3-7H2,1-2H3,(H,22,23)(H,24,25,26)(H,27,28,29)(H,30,31,32)/p-4/t8-,9+,10?,11+,12+,13?,14+,15+,16?,17?/m0/s1. The van der Waals surface area contributed by atoms with E-state index in [-0.39, 0.29) is 6.42 Å². The second-order valence-electron chi connectivity index (χ2n) is 9.10. The smallest absolute Gasteiger partial charge is 0.218 e. The number of nitrogens with one attached hydrogen (secondary N) is 1. The number of carboxylic acids is 1. The van der Waals surface area contributed by atoms with Crippen LogP contribution < -0.4 is 9.83 Å². The molecule has 2 fully saturated rings. The Bertz CT molecular complexity index is 1190. The first kappa shape index (κ1) is 36.0. The molecule has 0 spiro atoms. The number of hydrogen-bond donors (Lipinski definition) is 3. The molecule has 23 heteroatoms. The third kappa shape index (κ3) is 10.8. The summed E-state index contributed by atoms with van der Waals surface area (Å²) in [6.45, 7) is -1.58. The first-order valence-electron chi connectivity index (χ1n) is 11.7. The molecule has 2 aliphatic heterocycles. The van der Waals surface area contributed by atoms with Crippen LogP contribution in [0.15, 0.2) is 0 Å². The first-order valence-corrected chi connectivity index (χ1v) is 15.8. The number of ether oxygens (including phenoxy) is 4. The van der Waals surface area contributed by atoms with Gasteiger partial charge in [-0.05, 0) is 6.42 Å². The Morgan fingerprint density at radius 1 is 0.854 bits per heavy atom. The van der Waals surface area contributed by atoms with Crippen LogP contribution in [-0.2, 0) is 63.2 Å². The van der Waals surface area contributed by atoms with E-state index >= 15 is 0 Å². The summed E-state index contributed by atoms with van der Waals surface area (Å²) in [5, 5.41) is 33.0. The molecular weight excluding hydrogens is 630 g/mol. The summed E-state index contributed by atoms with van der Waals surface area (Å²) >= 11 is 0. The first-order chi connectivity index (χ1) is 18.8. The summed E-state index contributed by atoms with van der Waals surface area (Å²) < 4.78 is 132. The van der Waals surface area contributed by atoms with Gasteiger partial charge < -0.3 is 52.7 Å². The fourth-order valence-corrected chi connectivity index (χ4v) is 6.09. The lowest BCUT2D eigenvalue weighted by atomic mass is 9.84. The molecular formula is C18H29NO19S3-4. The van der Waals surface area contributed by atoms with Gasteiger partial charge in [0.15, 0.2) is 10.3 Å². The van der Waals surface area contributed by atoms with Crippen molar-refractivity contribution in [1.29, 1.82) is 0 Å². The van der Waals surface area contributed by atoms with Gasteiger partial charge >= 0.3 is 0 Å². The lowest BCUT2D eigenvalue weighted by Crippen LogP contribution is -2.64. The number of aliphatic hydroxyl groups excluding tert-OH is 2. The van der Waals surface area contributed by atoms with E-state index in [1.54, 1.807) is 4.72 Å². The van der Waals surface area contributed by atoms with E-state index in [1.165, 1.54) is 6.92 Å². The van der Waals surface area contributed by atoms with Gasteiger partial charge in [0.25, 0.3) is 0 Å². The molecule has 41 heavy (non-hydrogen) atoms. The van der Waals surface area contributed by atoms with Gasteiger partial charge in [-0.25, -0.2) is 30.0 Å². The number of carbonyl (C=O) groups excluding carboxylic acids is 1. The van der Waals surface area contributed by atoms with Crippen molar-refractivity contribution in [2.24, 2.45) is 11.8 Å². The summed E-state index contributed by atoms with van der Waals surface area (Å²) in [5.74, 6) is -4.51. The Balaban J connectivity index is 2.31. The zero-order valence-corrected chi connectivity index (χ0v) is 23.8. The molecule has 0 aromatic carbocycles. The molecule has 0 bridgehead atoms. The summed E-state index contributed by atoms with van der Waals surface area (Å²) in [4.78, 5) is 11.6. The molecule has 10 atom stereocenters.